The molecule has 3 nitrogen and oxygen atoms in total. The second-order valence-corrected chi connectivity index (χ2v) is 5.35. The van der Waals surface area contributed by atoms with Crippen molar-refractivity contribution in [3.05, 3.63) is 76.2 Å². The van der Waals surface area contributed by atoms with E-state index in [0.717, 1.165) is 27.5 Å². The van der Waals surface area contributed by atoms with Crippen LogP contribution in [0.25, 0.3) is 18.3 Å². The second-order valence-electron chi connectivity index (χ2n) is 5.35. The molecular formula is C19H18FN3. The van der Waals surface area contributed by atoms with Gasteiger partial charge in [0.2, 0.25) is 0 Å². The lowest BCUT2D eigenvalue weighted by molar-refractivity contribution is 0.625. The highest BCUT2D eigenvalue weighted by molar-refractivity contribution is 5.55. The zero-order valence-corrected chi connectivity index (χ0v) is 13.2. The van der Waals surface area contributed by atoms with Gasteiger partial charge in [-0.25, -0.2) is 9.07 Å². The molecule has 0 radical (unpaired) electrons. The number of hydrogen-bond acceptors (Lipinski definition) is 2. The first-order chi connectivity index (χ1) is 11.1. The molecule has 116 valence electrons. The van der Waals surface area contributed by atoms with Gasteiger partial charge in [-0.3, -0.25) is 0 Å². The van der Waals surface area contributed by atoms with Crippen LogP contribution in [0.5, 0.6) is 0 Å². The first-order valence-corrected chi connectivity index (χ1v) is 7.38. The van der Waals surface area contributed by atoms with Crippen LogP contribution in [0, 0.1) is 12.7 Å². The number of nitrogens with zero attached hydrogens (tertiary/aromatic N) is 2. The SMILES string of the molecule is C=c1/c(=C\c2ccc(NC)cc2)c(C)nn1-c1cccc(F)c1. The molecule has 0 unspecified atom stereocenters. The third-order valence-corrected chi connectivity index (χ3v) is 3.77. The average Bonchev–Trinajstić information content (AvgIpc) is 2.84. The zero-order chi connectivity index (χ0) is 16.4. The van der Waals surface area contributed by atoms with Crippen molar-refractivity contribution in [2.24, 2.45) is 0 Å². The molecule has 3 rings (SSSR count). The molecule has 0 amide bonds. The van der Waals surface area contributed by atoms with Gasteiger partial charge in [0.25, 0.3) is 0 Å². The number of aromatic nitrogens is 2. The van der Waals surface area contributed by atoms with Crippen molar-refractivity contribution in [3.8, 4) is 5.69 Å². The molecule has 0 spiro atoms. The number of halogens is 1. The van der Waals surface area contributed by atoms with Crippen LogP contribution in [-0.4, -0.2) is 16.8 Å². The smallest absolute Gasteiger partial charge is 0.125 e. The van der Waals surface area contributed by atoms with Crippen molar-refractivity contribution in [2.45, 2.75) is 6.92 Å². The molecule has 0 aliphatic carbocycles. The van der Waals surface area contributed by atoms with Crippen molar-refractivity contribution in [2.75, 3.05) is 12.4 Å². The van der Waals surface area contributed by atoms with Crippen molar-refractivity contribution >= 4 is 18.3 Å². The lowest BCUT2D eigenvalue weighted by Crippen LogP contribution is -2.27. The maximum absolute atomic E-state index is 13.4. The van der Waals surface area contributed by atoms with Gasteiger partial charge in [-0.1, -0.05) is 24.8 Å². The Labute approximate surface area is 134 Å². The van der Waals surface area contributed by atoms with Crippen LogP contribution < -0.4 is 15.9 Å². The normalized spacial score (nSPS) is 11.7. The van der Waals surface area contributed by atoms with E-state index in [4.69, 9.17) is 0 Å². The molecule has 0 bridgehead atoms. The standard InChI is InChI=1S/C19H18FN3/c1-13-19(11-15-7-9-17(21-3)10-8-15)14(2)23(22-13)18-6-4-5-16(20)12-18/h4-12,21H,2H2,1,3H3/b19-11-. The van der Waals surface area contributed by atoms with Crippen LogP contribution in [0.15, 0.2) is 48.5 Å². The average molecular weight is 307 g/mol. The van der Waals surface area contributed by atoms with E-state index in [0.29, 0.717) is 5.69 Å². The fraction of sp³-hybridized carbons (Fsp3) is 0.105. The Morgan fingerprint density at radius 1 is 1.17 bits per heavy atom. The van der Waals surface area contributed by atoms with Gasteiger partial charge in [0.15, 0.2) is 0 Å². The van der Waals surface area contributed by atoms with Crippen LogP contribution >= 0.6 is 0 Å². The monoisotopic (exact) mass is 307 g/mol. The minimum absolute atomic E-state index is 0.289. The van der Waals surface area contributed by atoms with Crippen LogP contribution in [0.4, 0.5) is 10.1 Å². The van der Waals surface area contributed by atoms with E-state index < -0.39 is 0 Å². The van der Waals surface area contributed by atoms with Gasteiger partial charge >= 0.3 is 0 Å². The van der Waals surface area contributed by atoms with E-state index in [1.807, 2.05) is 50.4 Å². The Balaban J connectivity index is 2.10. The van der Waals surface area contributed by atoms with Crippen molar-refractivity contribution in [1.29, 1.82) is 0 Å². The fourth-order valence-corrected chi connectivity index (χ4v) is 2.51. The molecule has 0 fully saturated rings. The number of benzene rings is 2. The summed E-state index contributed by atoms with van der Waals surface area (Å²) in [6.07, 6.45) is 2.04. The molecule has 2 aromatic carbocycles. The van der Waals surface area contributed by atoms with E-state index in [1.165, 1.54) is 12.1 Å². The van der Waals surface area contributed by atoms with Gasteiger partial charge < -0.3 is 5.32 Å². The van der Waals surface area contributed by atoms with Crippen LogP contribution in [0.1, 0.15) is 11.3 Å². The van der Waals surface area contributed by atoms with E-state index in [-0.39, 0.29) is 5.82 Å². The van der Waals surface area contributed by atoms with Crippen LogP contribution in [0.3, 0.4) is 0 Å². The molecule has 23 heavy (non-hydrogen) atoms. The first kappa shape index (κ1) is 15.0. The highest BCUT2D eigenvalue weighted by atomic mass is 19.1. The second kappa shape index (κ2) is 6.08. The highest BCUT2D eigenvalue weighted by Crippen LogP contribution is 2.09. The van der Waals surface area contributed by atoms with E-state index in [9.17, 15) is 4.39 Å². The molecule has 3 aromatic rings. The summed E-state index contributed by atoms with van der Waals surface area (Å²) in [5.74, 6) is -0.289. The first-order valence-electron chi connectivity index (χ1n) is 7.38. The Kier molecular flexibility index (Phi) is 3.98. The van der Waals surface area contributed by atoms with Gasteiger partial charge in [0.05, 0.1) is 16.7 Å². The largest absolute Gasteiger partial charge is 0.388 e. The van der Waals surface area contributed by atoms with Gasteiger partial charge in [-0.05, 0) is 48.9 Å². The molecule has 1 aromatic heterocycles. The summed E-state index contributed by atoms with van der Waals surface area (Å²) < 4.78 is 15.1. The summed E-state index contributed by atoms with van der Waals surface area (Å²) in [5.41, 5.74) is 3.65. The van der Waals surface area contributed by atoms with Gasteiger partial charge in [0.1, 0.15) is 5.82 Å². The van der Waals surface area contributed by atoms with Crippen molar-refractivity contribution < 1.29 is 4.39 Å². The summed E-state index contributed by atoms with van der Waals surface area (Å²) in [5, 5.41) is 9.28. The molecular weight excluding hydrogens is 289 g/mol. The quantitative estimate of drug-likeness (QED) is 0.806. The predicted molar refractivity (Wildman–Crippen MR) is 92.6 cm³/mol. The minimum atomic E-state index is -0.289. The molecule has 0 aliphatic rings. The van der Waals surface area contributed by atoms with Crippen LogP contribution in [-0.2, 0) is 0 Å². The van der Waals surface area contributed by atoms with Crippen molar-refractivity contribution in [3.63, 3.8) is 0 Å². The lowest BCUT2D eigenvalue weighted by atomic mass is 10.1. The number of nitrogens with one attached hydrogen (secondary N) is 1. The number of rotatable bonds is 3. The molecule has 0 saturated carbocycles. The molecule has 1 heterocycles. The Morgan fingerprint density at radius 3 is 2.57 bits per heavy atom. The Morgan fingerprint density at radius 2 is 1.91 bits per heavy atom. The van der Waals surface area contributed by atoms with Crippen molar-refractivity contribution in [1.82, 2.24) is 9.78 Å². The molecule has 1 N–H and O–H groups in total. The highest BCUT2D eigenvalue weighted by Gasteiger charge is 2.05. The summed E-state index contributed by atoms with van der Waals surface area (Å²) in [6, 6.07) is 14.4. The predicted octanol–water partition coefficient (Wildman–Crippen LogP) is 2.60. The van der Waals surface area contributed by atoms with E-state index >= 15 is 0 Å². The number of hydrogen-bond donors (Lipinski definition) is 1. The zero-order valence-electron chi connectivity index (χ0n) is 13.2. The summed E-state index contributed by atoms with van der Waals surface area (Å²) >= 11 is 0. The summed E-state index contributed by atoms with van der Waals surface area (Å²) in [4.78, 5) is 0. The maximum Gasteiger partial charge on any atom is 0.125 e. The number of anilines is 1. The number of aryl methyl sites for hydroxylation is 1. The Bertz CT molecular complexity index is 940. The summed E-state index contributed by atoms with van der Waals surface area (Å²) in [7, 11) is 1.89. The lowest BCUT2D eigenvalue weighted by Gasteiger charge is -2.01. The fourth-order valence-electron chi connectivity index (χ4n) is 2.51. The third-order valence-electron chi connectivity index (χ3n) is 3.77. The minimum Gasteiger partial charge on any atom is -0.388 e. The van der Waals surface area contributed by atoms with Crippen LogP contribution in [0.2, 0.25) is 0 Å². The topological polar surface area (TPSA) is 29.9 Å². The van der Waals surface area contributed by atoms with E-state index in [2.05, 4.69) is 17.0 Å². The van der Waals surface area contributed by atoms with Gasteiger partial charge in [-0.2, -0.15) is 5.10 Å². The molecule has 0 saturated heterocycles. The summed E-state index contributed by atoms with van der Waals surface area (Å²) in [6.45, 7) is 6.04. The van der Waals surface area contributed by atoms with E-state index in [1.54, 1.807) is 10.7 Å². The Hall–Kier alpha value is -2.88. The van der Waals surface area contributed by atoms with Gasteiger partial charge in [0, 0.05) is 18.0 Å². The maximum atomic E-state index is 13.4. The molecule has 4 heteroatoms. The van der Waals surface area contributed by atoms with Gasteiger partial charge in [-0.15, -0.1) is 0 Å². The molecule has 0 atom stereocenters. The molecule has 0 aliphatic heterocycles. The third kappa shape index (κ3) is 3.01.